The minimum absolute atomic E-state index is 0.327. The van der Waals surface area contributed by atoms with Gasteiger partial charge in [0, 0.05) is 0 Å². The molecule has 8 heteroatoms. The van der Waals surface area contributed by atoms with Crippen molar-refractivity contribution in [2.45, 2.75) is 16.3 Å². The van der Waals surface area contributed by atoms with E-state index in [1.54, 1.807) is 0 Å². The van der Waals surface area contributed by atoms with Gasteiger partial charge in [-0.15, -0.1) is 0 Å². The Morgan fingerprint density at radius 2 is 2.00 bits per heavy atom. The predicted molar refractivity (Wildman–Crippen MR) is 56.3 cm³/mol. The Kier molecular flexibility index (Phi) is 6.28. The van der Waals surface area contributed by atoms with Crippen molar-refractivity contribution in [3.8, 4) is 0 Å². The van der Waals surface area contributed by atoms with Gasteiger partial charge in [-0.1, -0.05) is 34.8 Å². The number of rotatable bonds is 5. The third-order valence-corrected chi connectivity index (χ3v) is 1.74. The van der Waals surface area contributed by atoms with E-state index in [4.69, 9.17) is 39.9 Å². The van der Waals surface area contributed by atoms with Crippen LogP contribution in [0.15, 0.2) is 0 Å². The van der Waals surface area contributed by atoms with Crippen molar-refractivity contribution in [2.75, 3.05) is 13.7 Å². The molecular formula is C7H10Cl3NO4. The molecule has 0 aliphatic rings. The van der Waals surface area contributed by atoms with E-state index in [0.29, 0.717) is 0 Å². The molecule has 5 nitrogen and oxygen atoms in total. The lowest BCUT2D eigenvalue weighted by atomic mass is 10.2. The van der Waals surface area contributed by atoms with Gasteiger partial charge in [0.05, 0.1) is 6.42 Å². The zero-order valence-electron chi connectivity index (χ0n) is 7.80. The topological polar surface area (TPSA) is 75.6 Å². The maximum absolute atomic E-state index is 11.1. The van der Waals surface area contributed by atoms with E-state index in [-0.39, 0.29) is 6.42 Å². The summed E-state index contributed by atoms with van der Waals surface area (Å²) >= 11 is 16.0. The Morgan fingerprint density at radius 3 is 2.33 bits per heavy atom. The zero-order valence-corrected chi connectivity index (χ0v) is 10.1. The number of likely N-dealkylation sites (N-methyl/N-ethyl adjacent to an activating group) is 1. The summed E-state index contributed by atoms with van der Waals surface area (Å²) in [6, 6.07) is -1.01. The molecule has 0 rings (SSSR count). The van der Waals surface area contributed by atoms with Crippen molar-refractivity contribution in [3.05, 3.63) is 0 Å². The Balaban J connectivity index is 3.98. The molecule has 0 heterocycles. The zero-order chi connectivity index (χ0) is 12.1. The lowest BCUT2D eigenvalue weighted by Crippen LogP contribution is -2.36. The molecule has 0 fully saturated rings. The molecule has 0 saturated carbocycles. The largest absolute Gasteiger partial charge is 0.480 e. The van der Waals surface area contributed by atoms with Gasteiger partial charge in [-0.25, -0.2) is 0 Å². The van der Waals surface area contributed by atoms with Crippen LogP contribution < -0.4 is 5.32 Å². The van der Waals surface area contributed by atoms with Crippen molar-refractivity contribution < 1.29 is 19.4 Å². The van der Waals surface area contributed by atoms with E-state index in [9.17, 15) is 9.59 Å². The first kappa shape index (κ1) is 14.8. The number of halogens is 3. The number of alkyl halides is 3. The fourth-order valence-electron chi connectivity index (χ4n) is 0.701. The maximum atomic E-state index is 11.1. The number of carbonyl (C=O) groups is 2. The van der Waals surface area contributed by atoms with Crippen LogP contribution in [0.1, 0.15) is 6.42 Å². The first-order chi connectivity index (χ1) is 6.76. The molecule has 0 bridgehead atoms. The molecule has 0 amide bonds. The van der Waals surface area contributed by atoms with Crippen molar-refractivity contribution in [3.63, 3.8) is 0 Å². The second kappa shape index (κ2) is 6.37. The molecule has 0 saturated heterocycles. The fraction of sp³-hybridized carbons (Fsp3) is 0.714. The molecule has 0 radical (unpaired) electrons. The van der Waals surface area contributed by atoms with Gasteiger partial charge in [-0.2, -0.15) is 0 Å². The van der Waals surface area contributed by atoms with Gasteiger partial charge < -0.3 is 15.2 Å². The van der Waals surface area contributed by atoms with Crippen LogP contribution in [0.2, 0.25) is 0 Å². The third kappa shape index (κ3) is 7.67. The summed E-state index contributed by atoms with van der Waals surface area (Å²) in [5.41, 5.74) is 0. The van der Waals surface area contributed by atoms with Gasteiger partial charge in [-0.05, 0) is 7.05 Å². The van der Waals surface area contributed by atoms with E-state index in [0.717, 1.165) is 0 Å². The smallest absolute Gasteiger partial charge is 0.321 e. The molecule has 2 N–H and O–H groups in total. The quantitative estimate of drug-likeness (QED) is 0.579. The van der Waals surface area contributed by atoms with Crippen molar-refractivity contribution in [1.82, 2.24) is 5.32 Å². The molecule has 15 heavy (non-hydrogen) atoms. The molecule has 0 aromatic carbocycles. The highest BCUT2D eigenvalue weighted by Crippen LogP contribution is 2.26. The van der Waals surface area contributed by atoms with Gasteiger partial charge in [0.1, 0.15) is 12.6 Å². The average Bonchev–Trinajstić information content (AvgIpc) is 2.09. The lowest BCUT2D eigenvalue weighted by molar-refractivity contribution is -0.149. The highest BCUT2D eigenvalue weighted by Gasteiger charge is 2.25. The Hall–Kier alpha value is -0.230. The second-order valence-electron chi connectivity index (χ2n) is 2.66. The molecule has 1 unspecified atom stereocenters. The number of carboxylic acid groups (broad SMARTS) is 1. The number of esters is 1. The minimum atomic E-state index is -1.69. The number of nitrogens with one attached hydrogen (secondary N) is 1. The minimum Gasteiger partial charge on any atom is -0.480 e. The Bertz CT molecular complexity index is 241. The summed E-state index contributed by atoms with van der Waals surface area (Å²) in [6.07, 6.45) is -0.327. The first-order valence-electron chi connectivity index (χ1n) is 3.88. The van der Waals surface area contributed by atoms with E-state index < -0.39 is 28.4 Å². The van der Waals surface area contributed by atoms with Gasteiger partial charge in [0.25, 0.3) is 0 Å². The van der Waals surface area contributed by atoms with Crippen LogP contribution in [0.5, 0.6) is 0 Å². The van der Waals surface area contributed by atoms with Crippen molar-refractivity contribution in [1.29, 1.82) is 0 Å². The summed E-state index contributed by atoms with van der Waals surface area (Å²) < 4.78 is 2.86. The summed E-state index contributed by atoms with van der Waals surface area (Å²) in [4.78, 5) is 21.6. The molecule has 1 atom stereocenters. The predicted octanol–water partition coefficient (Wildman–Crippen LogP) is 0.962. The summed E-state index contributed by atoms with van der Waals surface area (Å²) in [5.74, 6) is -1.90. The van der Waals surface area contributed by atoms with Crippen LogP contribution in [0, 0.1) is 0 Å². The normalized spacial score (nSPS) is 13.3. The van der Waals surface area contributed by atoms with Crippen LogP contribution in [0.25, 0.3) is 0 Å². The molecule has 0 spiro atoms. The van der Waals surface area contributed by atoms with Crippen LogP contribution in [-0.4, -0.2) is 40.5 Å². The van der Waals surface area contributed by atoms with Crippen LogP contribution in [0.3, 0.4) is 0 Å². The van der Waals surface area contributed by atoms with Crippen LogP contribution >= 0.6 is 34.8 Å². The number of hydrogen-bond donors (Lipinski definition) is 2. The van der Waals surface area contributed by atoms with E-state index in [1.165, 1.54) is 7.05 Å². The molecular weight excluding hydrogens is 268 g/mol. The molecule has 88 valence electrons. The monoisotopic (exact) mass is 277 g/mol. The molecule has 0 aromatic rings. The second-order valence-corrected chi connectivity index (χ2v) is 5.18. The summed E-state index contributed by atoms with van der Waals surface area (Å²) in [5, 5.41) is 11.0. The van der Waals surface area contributed by atoms with Crippen molar-refractivity contribution in [2.24, 2.45) is 0 Å². The van der Waals surface area contributed by atoms with Gasteiger partial charge in [-0.3, -0.25) is 9.59 Å². The van der Waals surface area contributed by atoms with E-state index in [2.05, 4.69) is 10.1 Å². The van der Waals surface area contributed by atoms with Crippen LogP contribution in [0.4, 0.5) is 0 Å². The Labute approximate surface area is 102 Å². The SMILES string of the molecule is CNC(CC(=O)OCC(Cl)(Cl)Cl)C(=O)O. The number of ether oxygens (including phenoxy) is 1. The maximum Gasteiger partial charge on any atom is 0.321 e. The van der Waals surface area contributed by atoms with E-state index >= 15 is 0 Å². The fourth-order valence-corrected chi connectivity index (χ4v) is 0.864. The number of carbonyl (C=O) groups excluding carboxylic acids is 1. The van der Waals surface area contributed by atoms with Gasteiger partial charge >= 0.3 is 11.9 Å². The summed E-state index contributed by atoms with van der Waals surface area (Å²) in [6.45, 7) is -0.410. The third-order valence-electron chi connectivity index (χ3n) is 1.41. The highest BCUT2D eigenvalue weighted by molar-refractivity contribution is 6.67. The molecule has 0 aromatic heterocycles. The van der Waals surface area contributed by atoms with E-state index in [1.807, 2.05) is 0 Å². The highest BCUT2D eigenvalue weighted by atomic mass is 35.6. The number of aliphatic carboxylic acids is 1. The lowest BCUT2D eigenvalue weighted by Gasteiger charge is -2.13. The molecule has 0 aliphatic carbocycles. The average molecular weight is 279 g/mol. The molecule has 0 aliphatic heterocycles. The van der Waals surface area contributed by atoms with Gasteiger partial charge in [0.2, 0.25) is 3.79 Å². The van der Waals surface area contributed by atoms with Crippen LogP contribution in [-0.2, 0) is 14.3 Å². The summed E-state index contributed by atoms with van der Waals surface area (Å²) in [7, 11) is 1.42. The number of hydrogen-bond acceptors (Lipinski definition) is 4. The number of carboxylic acids is 1. The Morgan fingerprint density at radius 1 is 1.47 bits per heavy atom. The standard InChI is InChI=1S/C7H10Cl3NO4/c1-11-4(6(13)14)2-5(12)15-3-7(8,9)10/h4,11H,2-3H2,1H3,(H,13,14). The van der Waals surface area contributed by atoms with Gasteiger partial charge in [0.15, 0.2) is 0 Å². The van der Waals surface area contributed by atoms with Crippen molar-refractivity contribution >= 4 is 46.7 Å². The first-order valence-corrected chi connectivity index (χ1v) is 5.02.